The monoisotopic (exact) mass is 277 g/mol. The van der Waals surface area contributed by atoms with Crippen LogP contribution in [0.4, 0.5) is 0 Å². The Hall–Kier alpha value is -1.16. The Morgan fingerprint density at radius 2 is 2.00 bits per heavy atom. The highest BCUT2D eigenvalue weighted by Crippen LogP contribution is 2.40. The number of fused-ring (bicyclic) bond motifs is 3. The van der Waals surface area contributed by atoms with Crippen molar-refractivity contribution in [2.75, 3.05) is 13.1 Å². The summed E-state index contributed by atoms with van der Waals surface area (Å²) in [5, 5.41) is 10.5. The summed E-state index contributed by atoms with van der Waals surface area (Å²) in [7, 11) is 0. The lowest BCUT2D eigenvalue weighted by Gasteiger charge is -2.29. The minimum atomic E-state index is -0.542. The van der Waals surface area contributed by atoms with Crippen LogP contribution >= 0.6 is 0 Å². The first-order valence-corrected chi connectivity index (χ1v) is 7.78. The quantitative estimate of drug-likeness (QED) is 0.733. The molecule has 2 bridgehead atoms. The van der Waals surface area contributed by atoms with E-state index in [1.807, 2.05) is 4.90 Å². The molecule has 1 saturated heterocycles. The van der Waals surface area contributed by atoms with E-state index in [0.29, 0.717) is 32.4 Å². The molecule has 0 spiro atoms. The van der Waals surface area contributed by atoms with E-state index < -0.39 is 6.10 Å². The Morgan fingerprint density at radius 1 is 1.20 bits per heavy atom. The van der Waals surface area contributed by atoms with Crippen molar-refractivity contribution in [2.45, 2.75) is 51.6 Å². The molecule has 0 saturated carbocycles. The molecule has 1 amide bonds. The highest BCUT2D eigenvalue weighted by molar-refractivity contribution is 5.99. The van der Waals surface area contributed by atoms with Crippen LogP contribution in [-0.2, 0) is 9.59 Å². The van der Waals surface area contributed by atoms with Crippen molar-refractivity contribution in [3.63, 3.8) is 0 Å². The number of carbonyl (C=O) groups excluding carboxylic acids is 2. The zero-order chi connectivity index (χ0) is 14.3. The molecule has 1 fully saturated rings. The Morgan fingerprint density at radius 3 is 2.80 bits per heavy atom. The fourth-order valence-electron chi connectivity index (χ4n) is 4.07. The van der Waals surface area contributed by atoms with Crippen LogP contribution in [0.2, 0.25) is 0 Å². The van der Waals surface area contributed by atoms with Crippen molar-refractivity contribution in [3.8, 4) is 0 Å². The van der Waals surface area contributed by atoms with E-state index in [0.717, 1.165) is 30.4 Å². The molecule has 3 atom stereocenters. The third-order valence-corrected chi connectivity index (χ3v) is 5.01. The average molecular weight is 277 g/mol. The first-order valence-electron chi connectivity index (χ1n) is 7.78. The molecule has 110 valence electrons. The van der Waals surface area contributed by atoms with Crippen molar-refractivity contribution in [1.82, 2.24) is 4.90 Å². The van der Waals surface area contributed by atoms with Crippen LogP contribution in [0.15, 0.2) is 11.1 Å². The smallest absolute Gasteiger partial charge is 0.222 e. The molecule has 0 aromatic rings. The average Bonchev–Trinajstić information content (AvgIpc) is 2.70. The van der Waals surface area contributed by atoms with Crippen molar-refractivity contribution < 1.29 is 14.7 Å². The molecule has 0 aromatic heterocycles. The summed E-state index contributed by atoms with van der Waals surface area (Å²) >= 11 is 0. The highest BCUT2D eigenvalue weighted by Gasteiger charge is 2.38. The summed E-state index contributed by atoms with van der Waals surface area (Å²) in [4.78, 5) is 26.4. The Kier molecular flexibility index (Phi) is 3.67. The van der Waals surface area contributed by atoms with Gasteiger partial charge in [0.1, 0.15) is 0 Å². The van der Waals surface area contributed by atoms with Crippen LogP contribution in [0.25, 0.3) is 0 Å². The van der Waals surface area contributed by atoms with Gasteiger partial charge in [0.05, 0.1) is 6.10 Å². The largest absolute Gasteiger partial charge is 0.389 e. The van der Waals surface area contributed by atoms with E-state index >= 15 is 0 Å². The standard InChI is InChI=1S/C16H23NO3/c1-10-7-11-9-14(19)12-3-2-5-17(15(20)8-10)6-4-13(18)16(11)12/h10-11,13,18H,2-9H2,1H3/t10-,11+,13+/m1/s1. The normalized spacial score (nSPS) is 35.3. The lowest BCUT2D eigenvalue weighted by molar-refractivity contribution is -0.132. The fraction of sp³-hybridized carbons (Fsp3) is 0.750. The number of amides is 1. The molecule has 0 radical (unpaired) electrons. The molecule has 1 N–H and O–H groups in total. The Balaban J connectivity index is 2.00. The van der Waals surface area contributed by atoms with Gasteiger partial charge in [-0.05, 0) is 48.7 Å². The number of hydrogen-bond acceptors (Lipinski definition) is 3. The van der Waals surface area contributed by atoms with Crippen LogP contribution < -0.4 is 0 Å². The molecule has 3 aliphatic rings. The molecule has 2 heterocycles. The molecule has 0 aromatic carbocycles. The number of carbonyl (C=O) groups is 2. The summed E-state index contributed by atoms with van der Waals surface area (Å²) in [6.07, 6.45) is 3.56. The van der Waals surface area contributed by atoms with Crippen molar-refractivity contribution in [3.05, 3.63) is 11.1 Å². The van der Waals surface area contributed by atoms with Crippen LogP contribution in [0, 0.1) is 11.8 Å². The topological polar surface area (TPSA) is 57.6 Å². The van der Waals surface area contributed by atoms with Crippen molar-refractivity contribution in [2.24, 2.45) is 11.8 Å². The zero-order valence-electron chi connectivity index (χ0n) is 12.1. The van der Waals surface area contributed by atoms with Gasteiger partial charge in [0, 0.05) is 25.9 Å². The second-order valence-corrected chi connectivity index (χ2v) is 6.59. The number of rotatable bonds is 0. The predicted octanol–water partition coefficient (Wildman–Crippen LogP) is 1.68. The number of Topliss-reactive ketones (excluding diaryl/α,β-unsaturated/α-hetero) is 1. The van der Waals surface area contributed by atoms with Gasteiger partial charge in [-0.25, -0.2) is 0 Å². The molecule has 1 aliphatic carbocycles. The zero-order valence-corrected chi connectivity index (χ0v) is 12.1. The predicted molar refractivity (Wildman–Crippen MR) is 75.0 cm³/mol. The Labute approximate surface area is 119 Å². The lowest BCUT2D eigenvalue weighted by atomic mass is 9.84. The summed E-state index contributed by atoms with van der Waals surface area (Å²) in [6, 6.07) is 0. The van der Waals surface area contributed by atoms with Gasteiger partial charge in [-0.1, -0.05) is 6.92 Å². The maximum absolute atomic E-state index is 12.3. The fourth-order valence-corrected chi connectivity index (χ4v) is 4.07. The van der Waals surface area contributed by atoms with E-state index in [4.69, 9.17) is 0 Å². The van der Waals surface area contributed by atoms with Gasteiger partial charge in [-0.3, -0.25) is 9.59 Å². The van der Waals surface area contributed by atoms with Gasteiger partial charge < -0.3 is 10.0 Å². The second kappa shape index (κ2) is 5.32. The first-order chi connectivity index (χ1) is 9.56. The molecule has 2 aliphatic heterocycles. The maximum Gasteiger partial charge on any atom is 0.222 e. The van der Waals surface area contributed by atoms with Gasteiger partial charge in [0.2, 0.25) is 5.91 Å². The number of hydrogen-bond donors (Lipinski definition) is 1. The summed E-state index contributed by atoms with van der Waals surface area (Å²) < 4.78 is 0. The third kappa shape index (κ3) is 2.41. The summed E-state index contributed by atoms with van der Waals surface area (Å²) in [6.45, 7) is 3.42. The molecule has 3 rings (SSSR count). The number of aliphatic hydroxyl groups excluding tert-OH is 1. The SMILES string of the molecule is C[C@H]1CC(=O)N2CCCC3=C([C@H](CC3=O)C1)[C@@H](O)CC2. The van der Waals surface area contributed by atoms with Gasteiger partial charge in [-0.15, -0.1) is 0 Å². The molecule has 4 nitrogen and oxygen atoms in total. The number of nitrogens with zero attached hydrogens (tertiary/aromatic N) is 1. The van der Waals surface area contributed by atoms with E-state index in [2.05, 4.69) is 6.92 Å². The van der Waals surface area contributed by atoms with Crippen molar-refractivity contribution in [1.29, 1.82) is 0 Å². The van der Waals surface area contributed by atoms with Gasteiger partial charge in [-0.2, -0.15) is 0 Å². The van der Waals surface area contributed by atoms with Crippen LogP contribution in [0.3, 0.4) is 0 Å². The highest BCUT2D eigenvalue weighted by atomic mass is 16.3. The van der Waals surface area contributed by atoms with Gasteiger partial charge in [0.25, 0.3) is 0 Å². The van der Waals surface area contributed by atoms with E-state index in [1.54, 1.807) is 0 Å². The number of aliphatic hydroxyl groups is 1. The minimum Gasteiger partial charge on any atom is -0.389 e. The van der Waals surface area contributed by atoms with Crippen LogP contribution in [0.5, 0.6) is 0 Å². The molecule has 0 unspecified atom stereocenters. The number of ketones is 1. The van der Waals surface area contributed by atoms with Gasteiger partial charge in [0.15, 0.2) is 5.78 Å². The van der Waals surface area contributed by atoms with Crippen molar-refractivity contribution >= 4 is 11.7 Å². The maximum atomic E-state index is 12.3. The first kappa shape index (κ1) is 13.8. The second-order valence-electron chi connectivity index (χ2n) is 6.59. The summed E-state index contributed by atoms with van der Waals surface area (Å²) in [5.41, 5.74) is 1.89. The molecular weight excluding hydrogens is 254 g/mol. The minimum absolute atomic E-state index is 0.167. The van der Waals surface area contributed by atoms with E-state index in [-0.39, 0.29) is 23.5 Å². The number of allylic oxidation sites excluding steroid dienone is 1. The molecular formula is C16H23NO3. The third-order valence-electron chi connectivity index (χ3n) is 5.01. The molecule has 20 heavy (non-hydrogen) atoms. The van der Waals surface area contributed by atoms with Crippen LogP contribution in [-0.4, -0.2) is 40.9 Å². The van der Waals surface area contributed by atoms with E-state index in [9.17, 15) is 14.7 Å². The Bertz CT molecular complexity index is 468. The molecule has 4 heteroatoms. The summed E-state index contributed by atoms with van der Waals surface area (Å²) in [5.74, 6) is 0.888. The lowest BCUT2D eigenvalue weighted by Crippen LogP contribution is -2.36. The van der Waals surface area contributed by atoms with Gasteiger partial charge >= 0.3 is 0 Å². The van der Waals surface area contributed by atoms with Crippen LogP contribution in [0.1, 0.15) is 45.4 Å². The van der Waals surface area contributed by atoms with E-state index in [1.165, 1.54) is 0 Å².